The van der Waals surface area contributed by atoms with Gasteiger partial charge in [0, 0.05) is 23.9 Å². The van der Waals surface area contributed by atoms with E-state index in [0.29, 0.717) is 23.6 Å². The zero-order valence-electron chi connectivity index (χ0n) is 15.8. The van der Waals surface area contributed by atoms with Crippen LogP contribution in [-0.2, 0) is 6.54 Å². The zero-order chi connectivity index (χ0) is 20.6. The SMILES string of the molecule is CCOc1ccccc1NC(=O)c1ccnc(C(=O)NCc2ccccc2F)c1. The molecular formula is C22H20FN3O3. The van der Waals surface area contributed by atoms with E-state index >= 15 is 0 Å². The molecule has 0 aliphatic carbocycles. The molecule has 0 bridgehead atoms. The van der Waals surface area contributed by atoms with Crippen molar-refractivity contribution in [2.24, 2.45) is 0 Å². The number of hydrogen-bond acceptors (Lipinski definition) is 4. The van der Waals surface area contributed by atoms with Gasteiger partial charge in [0.05, 0.1) is 12.3 Å². The smallest absolute Gasteiger partial charge is 0.270 e. The van der Waals surface area contributed by atoms with Gasteiger partial charge in [-0.2, -0.15) is 0 Å². The summed E-state index contributed by atoms with van der Waals surface area (Å²) in [7, 11) is 0. The third-order valence-electron chi connectivity index (χ3n) is 4.09. The van der Waals surface area contributed by atoms with Crippen molar-refractivity contribution in [3.05, 3.63) is 89.5 Å². The lowest BCUT2D eigenvalue weighted by atomic mass is 10.2. The Morgan fingerprint density at radius 1 is 1.03 bits per heavy atom. The highest BCUT2D eigenvalue weighted by Crippen LogP contribution is 2.24. The highest BCUT2D eigenvalue weighted by atomic mass is 19.1. The Labute approximate surface area is 167 Å². The van der Waals surface area contributed by atoms with Gasteiger partial charge >= 0.3 is 0 Å². The van der Waals surface area contributed by atoms with E-state index in [9.17, 15) is 14.0 Å². The summed E-state index contributed by atoms with van der Waals surface area (Å²) in [4.78, 5) is 28.9. The van der Waals surface area contributed by atoms with Gasteiger partial charge in [-0.15, -0.1) is 0 Å². The lowest BCUT2D eigenvalue weighted by molar-refractivity contribution is 0.0945. The number of benzene rings is 2. The lowest BCUT2D eigenvalue weighted by Crippen LogP contribution is -2.25. The van der Waals surface area contributed by atoms with E-state index < -0.39 is 17.6 Å². The van der Waals surface area contributed by atoms with E-state index in [2.05, 4.69) is 15.6 Å². The number of hydrogen-bond donors (Lipinski definition) is 2. The van der Waals surface area contributed by atoms with Crippen LogP contribution in [0.4, 0.5) is 10.1 Å². The molecule has 0 saturated carbocycles. The van der Waals surface area contributed by atoms with Crippen LogP contribution >= 0.6 is 0 Å². The van der Waals surface area contributed by atoms with Gasteiger partial charge in [-0.05, 0) is 37.3 Å². The predicted octanol–water partition coefficient (Wildman–Crippen LogP) is 3.80. The average Bonchev–Trinajstić information content (AvgIpc) is 2.74. The quantitative estimate of drug-likeness (QED) is 0.640. The van der Waals surface area contributed by atoms with Crippen LogP contribution in [-0.4, -0.2) is 23.4 Å². The number of nitrogens with one attached hydrogen (secondary N) is 2. The maximum Gasteiger partial charge on any atom is 0.270 e. The number of carbonyl (C=O) groups excluding carboxylic acids is 2. The van der Waals surface area contributed by atoms with Crippen LogP contribution in [0, 0.1) is 5.82 Å². The highest BCUT2D eigenvalue weighted by Gasteiger charge is 2.14. The number of halogens is 1. The monoisotopic (exact) mass is 393 g/mol. The van der Waals surface area contributed by atoms with Gasteiger partial charge in [0.25, 0.3) is 11.8 Å². The minimum absolute atomic E-state index is 0.0192. The third-order valence-corrected chi connectivity index (χ3v) is 4.09. The van der Waals surface area contributed by atoms with Crippen molar-refractivity contribution in [1.29, 1.82) is 0 Å². The molecule has 0 radical (unpaired) electrons. The second-order valence-electron chi connectivity index (χ2n) is 6.09. The van der Waals surface area contributed by atoms with Gasteiger partial charge in [-0.1, -0.05) is 30.3 Å². The summed E-state index contributed by atoms with van der Waals surface area (Å²) in [5.41, 5.74) is 1.22. The average molecular weight is 393 g/mol. The summed E-state index contributed by atoms with van der Waals surface area (Å²) in [5, 5.41) is 5.37. The summed E-state index contributed by atoms with van der Waals surface area (Å²) in [6, 6.07) is 16.1. The number of pyridine rings is 1. The summed E-state index contributed by atoms with van der Waals surface area (Å²) < 4.78 is 19.2. The maximum absolute atomic E-state index is 13.7. The largest absolute Gasteiger partial charge is 0.492 e. The van der Waals surface area contributed by atoms with Crippen LogP contribution in [0.5, 0.6) is 5.75 Å². The van der Waals surface area contributed by atoms with Gasteiger partial charge in [-0.3, -0.25) is 14.6 Å². The van der Waals surface area contributed by atoms with Crippen molar-refractivity contribution in [3.8, 4) is 5.75 Å². The first-order chi connectivity index (χ1) is 14.1. The fourth-order valence-corrected chi connectivity index (χ4v) is 2.65. The molecule has 0 aliphatic rings. The molecular weight excluding hydrogens is 373 g/mol. The molecule has 148 valence electrons. The summed E-state index contributed by atoms with van der Waals surface area (Å²) in [6.45, 7) is 2.34. The fourth-order valence-electron chi connectivity index (χ4n) is 2.65. The van der Waals surface area contributed by atoms with E-state index in [1.165, 1.54) is 24.4 Å². The van der Waals surface area contributed by atoms with Crippen LogP contribution in [0.3, 0.4) is 0 Å². The summed E-state index contributed by atoms with van der Waals surface area (Å²) in [6.07, 6.45) is 1.38. The van der Waals surface area contributed by atoms with Crippen LogP contribution in [0.15, 0.2) is 66.9 Å². The van der Waals surface area contributed by atoms with Gasteiger partial charge in [0.2, 0.25) is 0 Å². The number of amides is 2. The molecule has 1 heterocycles. The number of aromatic nitrogens is 1. The fraction of sp³-hybridized carbons (Fsp3) is 0.136. The van der Waals surface area contributed by atoms with E-state index in [1.54, 1.807) is 36.4 Å². The molecule has 2 amide bonds. The lowest BCUT2D eigenvalue weighted by Gasteiger charge is -2.11. The Bertz CT molecular complexity index is 1020. The third kappa shape index (κ3) is 5.16. The van der Waals surface area contributed by atoms with E-state index in [1.807, 2.05) is 13.0 Å². The van der Waals surface area contributed by atoms with Gasteiger partial charge in [0.1, 0.15) is 17.3 Å². The predicted molar refractivity (Wildman–Crippen MR) is 107 cm³/mol. The molecule has 0 fully saturated rings. The molecule has 0 spiro atoms. The molecule has 2 aromatic carbocycles. The number of rotatable bonds is 7. The molecule has 7 heteroatoms. The Morgan fingerprint density at radius 3 is 2.59 bits per heavy atom. The van der Waals surface area contributed by atoms with Crippen molar-refractivity contribution in [2.75, 3.05) is 11.9 Å². The van der Waals surface area contributed by atoms with Gasteiger partial charge in [-0.25, -0.2) is 4.39 Å². The Kier molecular flexibility index (Phi) is 6.52. The molecule has 0 unspecified atom stereocenters. The van der Waals surface area contributed by atoms with Crippen LogP contribution in [0.1, 0.15) is 33.3 Å². The van der Waals surface area contributed by atoms with Crippen LogP contribution in [0.2, 0.25) is 0 Å². The van der Waals surface area contributed by atoms with Crippen molar-refractivity contribution in [2.45, 2.75) is 13.5 Å². The molecule has 0 saturated heterocycles. The van der Waals surface area contributed by atoms with E-state index in [4.69, 9.17) is 4.74 Å². The van der Waals surface area contributed by atoms with Crippen molar-refractivity contribution < 1.29 is 18.7 Å². The summed E-state index contributed by atoms with van der Waals surface area (Å²) >= 11 is 0. The number of para-hydroxylation sites is 2. The molecule has 3 rings (SSSR count). The van der Waals surface area contributed by atoms with Crippen molar-refractivity contribution >= 4 is 17.5 Å². The molecule has 2 N–H and O–H groups in total. The molecule has 29 heavy (non-hydrogen) atoms. The highest BCUT2D eigenvalue weighted by molar-refractivity contribution is 6.06. The minimum atomic E-state index is -0.502. The van der Waals surface area contributed by atoms with Gasteiger partial charge in [0.15, 0.2) is 0 Å². The number of carbonyl (C=O) groups is 2. The number of nitrogens with zero attached hydrogens (tertiary/aromatic N) is 1. The number of ether oxygens (including phenoxy) is 1. The first-order valence-electron chi connectivity index (χ1n) is 9.09. The normalized spacial score (nSPS) is 10.3. The van der Waals surface area contributed by atoms with Gasteiger partial charge < -0.3 is 15.4 Å². The number of anilines is 1. The molecule has 0 aliphatic heterocycles. The van der Waals surface area contributed by atoms with Crippen molar-refractivity contribution in [3.63, 3.8) is 0 Å². The molecule has 1 aromatic heterocycles. The molecule has 6 nitrogen and oxygen atoms in total. The second-order valence-corrected chi connectivity index (χ2v) is 6.09. The standard InChI is InChI=1S/C22H20FN3O3/c1-2-29-20-10-6-5-9-18(20)26-21(27)15-11-12-24-19(13-15)22(28)25-14-16-7-3-4-8-17(16)23/h3-13H,2,14H2,1H3,(H,25,28)(H,26,27). The minimum Gasteiger partial charge on any atom is -0.492 e. The Balaban J connectivity index is 1.69. The van der Waals surface area contributed by atoms with E-state index in [-0.39, 0.29) is 17.8 Å². The molecule has 0 atom stereocenters. The zero-order valence-corrected chi connectivity index (χ0v) is 15.8. The second kappa shape index (κ2) is 9.45. The maximum atomic E-state index is 13.7. The molecule has 3 aromatic rings. The van der Waals surface area contributed by atoms with Crippen molar-refractivity contribution in [1.82, 2.24) is 10.3 Å². The first kappa shape index (κ1) is 20.0. The topological polar surface area (TPSA) is 80.3 Å². The Morgan fingerprint density at radius 2 is 1.79 bits per heavy atom. The van der Waals surface area contributed by atoms with Crippen LogP contribution < -0.4 is 15.4 Å². The van der Waals surface area contributed by atoms with Crippen LogP contribution in [0.25, 0.3) is 0 Å². The van der Waals surface area contributed by atoms with E-state index in [0.717, 1.165) is 0 Å². The summed E-state index contributed by atoms with van der Waals surface area (Å²) in [5.74, 6) is -0.748. The first-order valence-corrected chi connectivity index (χ1v) is 9.09. The Hall–Kier alpha value is -3.74.